The van der Waals surface area contributed by atoms with Crippen molar-refractivity contribution in [3.63, 3.8) is 0 Å². The van der Waals surface area contributed by atoms with Gasteiger partial charge in [0, 0.05) is 12.4 Å². The molecule has 80 valence electrons. The Hall–Kier alpha value is -1.88. The van der Waals surface area contributed by atoms with Gasteiger partial charge in [-0.15, -0.1) is 11.3 Å². The average Bonchev–Trinajstić information content (AvgIpc) is 2.88. The molecule has 0 aliphatic heterocycles. The number of benzene rings is 1. The van der Waals surface area contributed by atoms with E-state index >= 15 is 0 Å². The molecule has 3 aromatic rings. The van der Waals surface area contributed by atoms with E-state index < -0.39 is 0 Å². The quantitative estimate of drug-likeness (QED) is 0.653. The smallest absolute Gasteiger partial charge is 0.110 e. The number of hydrogen-bond acceptors (Lipinski definition) is 4. The van der Waals surface area contributed by atoms with Gasteiger partial charge in [-0.3, -0.25) is 0 Å². The average molecular weight is 230 g/mol. The number of aromatic nitrogens is 3. The zero-order chi connectivity index (χ0) is 11.1. The van der Waals surface area contributed by atoms with Crippen LogP contribution in [0.3, 0.4) is 0 Å². The number of aryl methyl sites for hydroxylation is 1. The van der Waals surface area contributed by atoms with E-state index in [1.807, 2.05) is 35.3 Å². The van der Waals surface area contributed by atoms with Gasteiger partial charge in [-0.1, -0.05) is 0 Å². The van der Waals surface area contributed by atoms with Gasteiger partial charge < -0.3 is 10.3 Å². The predicted octanol–water partition coefficient (Wildman–Crippen LogP) is 2.37. The van der Waals surface area contributed by atoms with Gasteiger partial charge >= 0.3 is 0 Å². The van der Waals surface area contributed by atoms with Gasteiger partial charge in [0.05, 0.1) is 21.6 Å². The summed E-state index contributed by atoms with van der Waals surface area (Å²) < 4.78 is 3.08. The number of fused-ring (bicyclic) bond motifs is 1. The number of hydrogen-bond donors (Lipinski definition) is 1. The van der Waals surface area contributed by atoms with E-state index in [-0.39, 0.29) is 0 Å². The maximum absolute atomic E-state index is 6.12. The fraction of sp³-hybridized carbons (Fsp3) is 0.0909. The maximum Gasteiger partial charge on any atom is 0.110 e. The van der Waals surface area contributed by atoms with Crippen LogP contribution in [-0.4, -0.2) is 14.5 Å². The van der Waals surface area contributed by atoms with Crippen LogP contribution in [0.4, 0.5) is 5.69 Å². The van der Waals surface area contributed by atoms with Crippen molar-refractivity contribution in [3.8, 4) is 5.69 Å². The Bertz CT molecular complexity index is 653. The van der Waals surface area contributed by atoms with E-state index in [2.05, 4.69) is 9.97 Å². The SMILES string of the molecule is Cc1nccn1-c1ccc2scnc2c1N. The fourth-order valence-corrected chi connectivity index (χ4v) is 2.48. The Morgan fingerprint density at radius 1 is 1.31 bits per heavy atom. The largest absolute Gasteiger partial charge is 0.395 e. The molecule has 5 heteroatoms. The molecule has 0 unspecified atom stereocenters. The summed E-state index contributed by atoms with van der Waals surface area (Å²) in [7, 11) is 0. The first-order valence-corrected chi connectivity index (χ1v) is 5.77. The van der Waals surface area contributed by atoms with Gasteiger partial charge in [-0.2, -0.15) is 0 Å². The lowest BCUT2D eigenvalue weighted by Crippen LogP contribution is -2.01. The molecule has 0 aliphatic rings. The molecule has 16 heavy (non-hydrogen) atoms. The summed E-state index contributed by atoms with van der Waals surface area (Å²) in [5.74, 6) is 0.918. The molecule has 3 rings (SSSR count). The van der Waals surface area contributed by atoms with Crippen molar-refractivity contribution in [2.75, 3.05) is 5.73 Å². The highest BCUT2D eigenvalue weighted by atomic mass is 32.1. The summed E-state index contributed by atoms with van der Waals surface area (Å²) in [6.07, 6.45) is 3.67. The molecule has 2 N–H and O–H groups in total. The highest BCUT2D eigenvalue weighted by Crippen LogP contribution is 2.29. The van der Waals surface area contributed by atoms with Crippen LogP contribution in [0.5, 0.6) is 0 Å². The molecule has 1 aromatic carbocycles. The molecule has 0 atom stereocenters. The van der Waals surface area contributed by atoms with Gasteiger partial charge in [0.15, 0.2) is 0 Å². The Morgan fingerprint density at radius 2 is 2.19 bits per heavy atom. The first kappa shape index (κ1) is 9.35. The minimum absolute atomic E-state index is 0.708. The van der Waals surface area contributed by atoms with E-state index in [4.69, 9.17) is 5.73 Å². The molecule has 2 heterocycles. The van der Waals surface area contributed by atoms with Crippen LogP contribution < -0.4 is 5.73 Å². The van der Waals surface area contributed by atoms with Crippen molar-refractivity contribution in [2.24, 2.45) is 0 Å². The summed E-state index contributed by atoms with van der Waals surface area (Å²) in [5, 5.41) is 0. The predicted molar refractivity (Wildman–Crippen MR) is 65.9 cm³/mol. The van der Waals surface area contributed by atoms with E-state index in [0.717, 1.165) is 21.7 Å². The van der Waals surface area contributed by atoms with Gasteiger partial charge in [0.25, 0.3) is 0 Å². The lowest BCUT2D eigenvalue weighted by molar-refractivity contribution is 0.978. The third kappa shape index (κ3) is 1.22. The van der Waals surface area contributed by atoms with Crippen LogP contribution in [0, 0.1) is 6.92 Å². The van der Waals surface area contributed by atoms with Gasteiger partial charge in [-0.25, -0.2) is 9.97 Å². The molecule has 0 amide bonds. The number of rotatable bonds is 1. The van der Waals surface area contributed by atoms with Gasteiger partial charge in [-0.05, 0) is 19.1 Å². The summed E-state index contributed by atoms with van der Waals surface area (Å²) in [4.78, 5) is 8.47. The number of nitrogens with zero attached hydrogens (tertiary/aromatic N) is 3. The molecule has 0 fully saturated rings. The van der Waals surface area contributed by atoms with Gasteiger partial charge in [0.1, 0.15) is 11.3 Å². The normalized spacial score (nSPS) is 11.1. The molecule has 0 saturated heterocycles. The van der Waals surface area contributed by atoms with Crippen LogP contribution in [-0.2, 0) is 0 Å². The lowest BCUT2D eigenvalue weighted by Gasteiger charge is -2.08. The second kappa shape index (κ2) is 3.31. The first-order chi connectivity index (χ1) is 7.77. The number of nitrogen functional groups attached to an aromatic ring is 1. The zero-order valence-corrected chi connectivity index (χ0v) is 9.53. The van der Waals surface area contributed by atoms with E-state index in [0.29, 0.717) is 5.69 Å². The number of nitrogens with two attached hydrogens (primary N) is 1. The maximum atomic E-state index is 6.12. The van der Waals surface area contributed by atoms with E-state index in [1.54, 1.807) is 17.5 Å². The second-order valence-electron chi connectivity index (χ2n) is 3.54. The molecule has 0 bridgehead atoms. The van der Waals surface area contributed by atoms with Crippen LogP contribution in [0.2, 0.25) is 0 Å². The van der Waals surface area contributed by atoms with E-state index in [9.17, 15) is 0 Å². The van der Waals surface area contributed by atoms with Crippen molar-refractivity contribution < 1.29 is 0 Å². The van der Waals surface area contributed by atoms with Gasteiger partial charge in [0.2, 0.25) is 0 Å². The standard InChI is InChI=1S/C11H10N4S/c1-7-13-4-5-15(7)8-2-3-9-11(10(8)12)14-6-16-9/h2-6H,12H2,1H3. The zero-order valence-electron chi connectivity index (χ0n) is 8.71. The van der Waals surface area contributed by atoms with Crippen molar-refractivity contribution in [2.45, 2.75) is 6.92 Å². The topological polar surface area (TPSA) is 56.7 Å². The summed E-state index contributed by atoms with van der Waals surface area (Å²) in [6, 6.07) is 4.04. The van der Waals surface area contributed by atoms with Crippen molar-refractivity contribution >= 4 is 27.2 Å². The molecule has 4 nitrogen and oxygen atoms in total. The second-order valence-corrected chi connectivity index (χ2v) is 4.43. The Balaban J connectivity index is 2.32. The number of thiazole rings is 1. The monoisotopic (exact) mass is 230 g/mol. The Labute approximate surface area is 96.4 Å². The van der Waals surface area contributed by atoms with Crippen LogP contribution in [0.1, 0.15) is 5.82 Å². The number of imidazole rings is 1. The molecule has 0 saturated carbocycles. The molecule has 0 spiro atoms. The molecule has 0 aliphatic carbocycles. The minimum atomic E-state index is 0.708. The summed E-state index contributed by atoms with van der Waals surface area (Å²) in [6.45, 7) is 1.95. The highest BCUT2D eigenvalue weighted by molar-refractivity contribution is 7.16. The highest BCUT2D eigenvalue weighted by Gasteiger charge is 2.09. The fourth-order valence-electron chi connectivity index (χ4n) is 1.78. The lowest BCUT2D eigenvalue weighted by atomic mass is 10.2. The molecular weight excluding hydrogens is 220 g/mol. The minimum Gasteiger partial charge on any atom is -0.395 e. The van der Waals surface area contributed by atoms with Crippen LogP contribution in [0.15, 0.2) is 30.0 Å². The summed E-state index contributed by atoms with van der Waals surface area (Å²) in [5.41, 5.74) is 10.4. The van der Waals surface area contributed by atoms with Crippen molar-refractivity contribution in [3.05, 3.63) is 35.9 Å². The molecule has 2 aromatic heterocycles. The third-order valence-corrected chi connectivity index (χ3v) is 3.40. The third-order valence-electron chi connectivity index (χ3n) is 2.60. The van der Waals surface area contributed by atoms with E-state index in [1.165, 1.54) is 0 Å². The number of anilines is 1. The van der Waals surface area contributed by atoms with Crippen LogP contribution >= 0.6 is 11.3 Å². The Kier molecular flexibility index (Phi) is 1.94. The molecular formula is C11H10N4S. The van der Waals surface area contributed by atoms with Crippen molar-refractivity contribution in [1.82, 2.24) is 14.5 Å². The van der Waals surface area contributed by atoms with Crippen LogP contribution in [0.25, 0.3) is 15.9 Å². The Morgan fingerprint density at radius 3 is 2.94 bits per heavy atom. The first-order valence-electron chi connectivity index (χ1n) is 4.89. The molecule has 0 radical (unpaired) electrons. The summed E-state index contributed by atoms with van der Waals surface area (Å²) >= 11 is 1.60. The van der Waals surface area contributed by atoms with Crippen molar-refractivity contribution in [1.29, 1.82) is 0 Å².